The molecule has 0 atom stereocenters. The van der Waals surface area contributed by atoms with Crippen LogP contribution >= 0.6 is 7.80 Å². The highest BCUT2D eigenvalue weighted by molar-refractivity contribution is 7.44. The number of hydrogen-bond donors (Lipinski definition) is 0. The van der Waals surface area contributed by atoms with Crippen LogP contribution in [0.5, 0.6) is 0 Å². The summed E-state index contributed by atoms with van der Waals surface area (Å²) in [5, 5.41) is 0. The summed E-state index contributed by atoms with van der Waals surface area (Å²) in [5.74, 6) is 0.634. The van der Waals surface area contributed by atoms with Crippen LogP contribution in [-0.4, -0.2) is 36.2 Å². The summed E-state index contributed by atoms with van der Waals surface area (Å²) < 4.78 is 11.1. The van der Waals surface area contributed by atoms with Crippen LogP contribution in [0.4, 0.5) is 0 Å². The molecular formula is C8H14NO2P. The van der Waals surface area contributed by atoms with E-state index in [1.165, 1.54) is 0 Å². The lowest BCUT2D eigenvalue weighted by atomic mass is 10.3. The van der Waals surface area contributed by atoms with Gasteiger partial charge in [-0.15, -0.1) is 0 Å². The molecule has 0 bridgehead atoms. The normalized spacial score (nSPS) is 25.8. The van der Waals surface area contributed by atoms with E-state index in [0.29, 0.717) is 11.8 Å². The molecule has 0 aromatic heterocycles. The SMILES string of the molecule is O=C(C1CC1)N1CC[PH](=O)CC1. The second-order valence-electron chi connectivity index (χ2n) is 3.64. The highest BCUT2D eigenvalue weighted by Crippen LogP contribution is 2.33. The molecule has 1 amide bonds. The fourth-order valence-electron chi connectivity index (χ4n) is 1.56. The van der Waals surface area contributed by atoms with Gasteiger partial charge in [-0.25, -0.2) is 0 Å². The van der Waals surface area contributed by atoms with Crippen molar-refractivity contribution in [1.82, 2.24) is 4.90 Å². The van der Waals surface area contributed by atoms with Crippen LogP contribution in [0.15, 0.2) is 0 Å². The Kier molecular flexibility index (Phi) is 2.22. The van der Waals surface area contributed by atoms with E-state index in [0.717, 1.165) is 38.3 Å². The Morgan fingerprint density at radius 2 is 1.83 bits per heavy atom. The van der Waals surface area contributed by atoms with E-state index >= 15 is 0 Å². The van der Waals surface area contributed by atoms with Crippen LogP contribution in [0.3, 0.4) is 0 Å². The molecule has 1 saturated heterocycles. The molecule has 0 aromatic rings. The number of rotatable bonds is 1. The predicted molar refractivity (Wildman–Crippen MR) is 48.0 cm³/mol. The van der Waals surface area contributed by atoms with E-state index in [1.807, 2.05) is 4.90 Å². The summed E-state index contributed by atoms with van der Waals surface area (Å²) in [6.45, 7) is 1.49. The van der Waals surface area contributed by atoms with Gasteiger partial charge in [0.1, 0.15) is 0 Å². The van der Waals surface area contributed by atoms with Gasteiger partial charge in [0.05, 0.1) is 7.80 Å². The quantitative estimate of drug-likeness (QED) is 0.569. The molecule has 3 nitrogen and oxygen atoms in total. The molecular weight excluding hydrogens is 173 g/mol. The third kappa shape index (κ3) is 1.71. The average molecular weight is 187 g/mol. The summed E-state index contributed by atoms with van der Waals surface area (Å²) in [5.41, 5.74) is 0. The molecule has 0 radical (unpaired) electrons. The van der Waals surface area contributed by atoms with Gasteiger partial charge in [0.25, 0.3) is 0 Å². The molecule has 2 aliphatic rings. The summed E-state index contributed by atoms with van der Waals surface area (Å²) in [7, 11) is -1.31. The largest absolute Gasteiger partial charge is 0.342 e. The first-order chi connectivity index (χ1) is 5.77. The number of hydrogen-bond acceptors (Lipinski definition) is 2. The molecule has 4 heteroatoms. The second kappa shape index (κ2) is 3.21. The number of amides is 1. The van der Waals surface area contributed by atoms with E-state index in [1.54, 1.807) is 0 Å². The van der Waals surface area contributed by atoms with Gasteiger partial charge >= 0.3 is 0 Å². The van der Waals surface area contributed by atoms with Crippen molar-refractivity contribution < 1.29 is 9.36 Å². The lowest BCUT2D eigenvalue weighted by molar-refractivity contribution is -0.132. The van der Waals surface area contributed by atoms with Crippen molar-refractivity contribution in [2.24, 2.45) is 5.92 Å². The van der Waals surface area contributed by atoms with Crippen molar-refractivity contribution in [3.63, 3.8) is 0 Å². The van der Waals surface area contributed by atoms with Gasteiger partial charge in [-0.3, -0.25) is 4.79 Å². The molecule has 1 aliphatic carbocycles. The smallest absolute Gasteiger partial charge is 0.225 e. The van der Waals surface area contributed by atoms with Gasteiger partial charge in [-0.2, -0.15) is 0 Å². The lowest BCUT2D eigenvalue weighted by Gasteiger charge is -2.26. The number of carbonyl (C=O) groups excluding carboxylic acids is 1. The van der Waals surface area contributed by atoms with Crippen LogP contribution in [0.1, 0.15) is 12.8 Å². The summed E-state index contributed by atoms with van der Waals surface area (Å²) in [6.07, 6.45) is 3.65. The maximum absolute atomic E-state index is 11.5. The van der Waals surface area contributed by atoms with E-state index in [2.05, 4.69) is 0 Å². The van der Waals surface area contributed by atoms with Gasteiger partial charge in [0.2, 0.25) is 5.91 Å². The number of nitrogens with zero attached hydrogens (tertiary/aromatic N) is 1. The summed E-state index contributed by atoms with van der Waals surface area (Å²) in [6, 6.07) is 0. The Morgan fingerprint density at radius 1 is 1.25 bits per heavy atom. The molecule has 2 rings (SSSR count). The predicted octanol–water partition coefficient (Wildman–Crippen LogP) is 0.798. The minimum atomic E-state index is -1.31. The van der Waals surface area contributed by atoms with Crippen LogP contribution in [0.2, 0.25) is 0 Å². The van der Waals surface area contributed by atoms with Crippen LogP contribution in [-0.2, 0) is 9.36 Å². The van der Waals surface area contributed by atoms with Gasteiger partial charge < -0.3 is 9.46 Å². The maximum Gasteiger partial charge on any atom is 0.225 e. The van der Waals surface area contributed by atoms with Gasteiger partial charge in [-0.05, 0) is 12.8 Å². The Labute approximate surface area is 72.9 Å². The molecule has 0 aromatic carbocycles. The molecule has 1 aliphatic heterocycles. The first-order valence-electron chi connectivity index (χ1n) is 4.58. The fraction of sp³-hybridized carbons (Fsp3) is 0.875. The zero-order valence-electron chi connectivity index (χ0n) is 7.08. The van der Waals surface area contributed by atoms with E-state index in [-0.39, 0.29) is 0 Å². The topological polar surface area (TPSA) is 37.4 Å². The number of carbonyl (C=O) groups is 1. The lowest BCUT2D eigenvalue weighted by Crippen LogP contribution is -2.38. The van der Waals surface area contributed by atoms with Gasteiger partial charge in [0.15, 0.2) is 0 Å². The summed E-state index contributed by atoms with van der Waals surface area (Å²) in [4.78, 5) is 13.4. The molecule has 68 valence electrons. The first kappa shape index (κ1) is 8.31. The third-order valence-corrected chi connectivity index (χ3v) is 4.12. The van der Waals surface area contributed by atoms with Crippen molar-refractivity contribution in [3.8, 4) is 0 Å². The van der Waals surface area contributed by atoms with E-state index in [9.17, 15) is 9.36 Å². The van der Waals surface area contributed by atoms with Crippen molar-refractivity contribution in [3.05, 3.63) is 0 Å². The van der Waals surface area contributed by atoms with Crippen LogP contribution < -0.4 is 0 Å². The van der Waals surface area contributed by atoms with Crippen molar-refractivity contribution in [2.45, 2.75) is 12.8 Å². The molecule has 1 heterocycles. The highest BCUT2D eigenvalue weighted by Gasteiger charge is 2.34. The van der Waals surface area contributed by atoms with Crippen LogP contribution in [0.25, 0.3) is 0 Å². The Balaban J connectivity index is 1.88. The molecule has 0 unspecified atom stereocenters. The van der Waals surface area contributed by atoms with E-state index < -0.39 is 7.80 Å². The van der Waals surface area contributed by atoms with Crippen molar-refractivity contribution in [1.29, 1.82) is 0 Å². The second-order valence-corrected chi connectivity index (χ2v) is 5.72. The highest BCUT2D eigenvalue weighted by atomic mass is 31.1. The Hall–Kier alpha value is -0.300. The summed E-state index contributed by atoms with van der Waals surface area (Å²) >= 11 is 0. The minimum Gasteiger partial charge on any atom is -0.342 e. The third-order valence-electron chi connectivity index (χ3n) is 2.56. The Bertz CT molecular complexity index is 215. The average Bonchev–Trinajstić information content (AvgIpc) is 2.87. The maximum atomic E-state index is 11.5. The van der Waals surface area contributed by atoms with Crippen LogP contribution in [0, 0.1) is 5.92 Å². The first-order valence-corrected chi connectivity index (χ1v) is 6.40. The van der Waals surface area contributed by atoms with Crippen molar-refractivity contribution >= 4 is 13.7 Å². The van der Waals surface area contributed by atoms with Gasteiger partial charge in [-0.1, -0.05) is 0 Å². The molecule has 0 spiro atoms. The zero-order chi connectivity index (χ0) is 8.55. The Morgan fingerprint density at radius 3 is 2.33 bits per heavy atom. The molecule has 1 saturated carbocycles. The fourth-order valence-corrected chi connectivity index (χ4v) is 2.85. The van der Waals surface area contributed by atoms with Crippen molar-refractivity contribution in [2.75, 3.05) is 25.4 Å². The zero-order valence-corrected chi connectivity index (χ0v) is 8.08. The minimum absolute atomic E-state index is 0.310. The molecule has 12 heavy (non-hydrogen) atoms. The molecule has 2 fully saturated rings. The van der Waals surface area contributed by atoms with E-state index in [4.69, 9.17) is 0 Å². The monoisotopic (exact) mass is 187 g/mol. The standard InChI is InChI=1S/C8H14NO2P/c10-8(7-1-2-7)9-3-5-12(11)6-4-9/h7,12H,1-6H2. The van der Waals surface area contributed by atoms with Gasteiger partial charge in [0, 0.05) is 31.3 Å². The molecule has 0 N–H and O–H groups in total.